The van der Waals surface area contributed by atoms with Crippen molar-refractivity contribution in [3.8, 4) is 89.8 Å². The Bertz CT molecular complexity index is 6120. The van der Waals surface area contributed by atoms with Gasteiger partial charge in [-0.25, -0.2) is 19.9 Å². The van der Waals surface area contributed by atoms with E-state index in [-0.39, 0.29) is 0 Å². The highest BCUT2D eigenvalue weighted by Gasteiger charge is 2.21. The summed E-state index contributed by atoms with van der Waals surface area (Å²) in [5.41, 5.74) is 15.6. The van der Waals surface area contributed by atoms with E-state index in [2.05, 4.69) is 315 Å². The lowest BCUT2D eigenvalue weighted by Gasteiger charge is -2.13. The first-order valence-electron chi connectivity index (χ1n) is 31.7. The Labute approximate surface area is 550 Å². The van der Waals surface area contributed by atoms with Gasteiger partial charge in [-0.1, -0.05) is 291 Å². The zero-order valence-corrected chi connectivity index (χ0v) is 52.4. The number of hydrogen-bond donors (Lipinski definition) is 0. The van der Waals surface area contributed by atoms with Gasteiger partial charge in [0.25, 0.3) is 0 Å². The molecule has 0 unspecified atom stereocenters. The highest BCUT2D eigenvalue weighted by Crippen LogP contribution is 2.44. The molecule has 4 aromatic heterocycles. The van der Waals surface area contributed by atoms with Crippen LogP contribution in [0.4, 0.5) is 0 Å². The van der Waals surface area contributed by atoms with Crippen LogP contribution in [0.1, 0.15) is 0 Å². The predicted octanol–water partition coefficient (Wildman–Crippen LogP) is 24.8. The van der Waals surface area contributed by atoms with Crippen molar-refractivity contribution in [3.05, 3.63) is 328 Å². The molecule has 0 atom stereocenters. The van der Waals surface area contributed by atoms with E-state index in [1.165, 1.54) is 113 Å². The Morgan fingerprint density at radius 2 is 0.511 bits per heavy atom. The zero-order chi connectivity index (χ0) is 62.1. The number of benzene rings is 15. The van der Waals surface area contributed by atoms with Crippen molar-refractivity contribution in [2.45, 2.75) is 0 Å². The minimum Gasteiger partial charge on any atom is -0.227 e. The van der Waals surface area contributed by atoms with Crippen LogP contribution in [0.2, 0.25) is 0 Å². The maximum absolute atomic E-state index is 5.32. The molecular weight excluding hydrogens is 1180 g/mol. The minimum atomic E-state index is 0.739. The lowest BCUT2D eigenvalue weighted by atomic mass is 9.91. The van der Waals surface area contributed by atoms with Crippen molar-refractivity contribution in [1.29, 1.82) is 0 Å². The highest BCUT2D eigenvalue weighted by molar-refractivity contribution is 7.26. The molecule has 0 amide bonds. The molecule has 6 heteroatoms. The molecule has 0 fully saturated rings. The molecule has 0 radical (unpaired) electrons. The summed E-state index contributed by atoms with van der Waals surface area (Å²) < 4.78 is 2.44. The van der Waals surface area contributed by atoms with Crippen molar-refractivity contribution in [2.24, 2.45) is 0 Å². The highest BCUT2D eigenvalue weighted by atomic mass is 32.1. The number of rotatable bonds is 8. The quantitative estimate of drug-likeness (QED) is 0.142. The van der Waals surface area contributed by atoms with Crippen LogP contribution in [0.5, 0.6) is 0 Å². The maximum atomic E-state index is 5.32. The molecule has 0 saturated heterocycles. The van der Waals surface area contributed by atoms with Gasteiger partial charge in [0.05, 0.1) is 11.4 Å². The summed E-state index contributed by atoms with van der Waals surface area (Å²) in [6, 6.07) is 117. The van der Waals surface area contributed by atoms with Gasteiger partial charge < -0.3 is 0 Å². The molecule has 4 heterocycles. The standard InChI is InChI=1S/C46H28N2S.C42H26N2S/c1-2-11-29(12-3-1)30-21-23-31(24-22-30)45-47-44(43-40-19-8-9-20-42(40)49-46(43)48-45)34-14-10-13-32(27-34)33-25-26-39-37-17-5-4-15-35(37)36-16-6-7-18-38(36)41(39)28-33;1-2-9-27(10-3-1)28-17-20-30(21-18-28)41-43-40(39-37-15-6-7-16-38(37)45-42(39)44-41)34-13-8-12-31(26-34)32-23-24-36-33(25-32)22-19-29-11-4-5-14-35(29)36/h1-28H;1-26H. The molecule has 0 N–H and O–H groups in total. The third kappa shape index (κ3) is 9.83. The van der Waals surface area contributed by atoms with Crippen LogP contribution in [0.15, 0.2) is 328 Å². The molecule has 94 heavy (non-hydrogen) atoms. The van der Waals surface area contributed by atoms with Crippen molar-refractivity contribution < 1.29 is 0 Å². The third-order valence-electron chi connectivity index (χ3n) is 18.4. The average Bonchev–Trinajstić information content (AvgIpc) is 1.16. The van der Waals surface area contributed by atoms with Gasteiger partial charge >= 0.3 is 0 Å². The molecule has 438 valence electrons. The summed E-state index contributed by atoms with van der Waals surface area (Å²) >= 11 is 3.46. The molecular formula is C88H54N4S2. The second-order valence-electron chi connectivity index (χ2n) is 24.0. The molecule has 4 nitrogen and oxygen atoms in total. The van der Waals surface area contributed by atoms with Crippen LogP contribution >= 0.6 is 22.7 Å². The fourth-order valence-corrected chi connectivity index (χ4v) is 15.9. The van der Waals surface area contributed by atoms with Crippen molar-refractivity contribution in [3.63, 3.8) is 0 Å². The molecule has 19 aromatic rings. The largest absolute Gasteiger partial charge is 0.227 e. The van der Waals surface area contributed by atoms with E-state index in [1.807, 2.05) is 12.1 Å². The van der Waals surface area contributed by atoms with E-state index in [0.29, 0.717) is 0 Å². The third-order valence-corrected chi connectivity index (χ3v) is 20.5. The van der Waals surface area contributed by atoms with Gasteiger partial charge in [0.2, 0.25) is 0 Å². The smallest absolute Gasteiger partial charge is 0.161 e. The van der Waals surface area contributed by atoms with Gasteiger partial charge in [0.15, 0.2) is 11.6 Å². The summed E-state index contributed by atoms with van der Waals surface area (Å²) in [4.78, 5) is 22.9. The van der Waals surface area contributed by atoms with Crippen LogP contribution in [0.25, 0.3) is 184 Å². The second-order valence-corrected chi connectivity index (χ2v) is 26.0. The first-order valence-corrected chi connectivity index (χ1v) is 33.4. The molecule has 0 aliphatic heterocycles. The van der Waals surface area contributed by atoms with Gasteiger partial charge in [-0.2, -0.15) is 0 Å². The predicted molar refractivity (Wildman–Crippen MR) is 401 cm³/mol. The van der Waals surface area contributed by atoms with Gasteiger partial charge in [-0.15, -0.1) is 22.7 Å². The van der Waals surface area contributed by atoms with Crippen LogP contribution in [0.3, 0.4) is 0 Å². The Morgan fingerprint density at radius 3 is 1.02 bits per heavy atom. The average molecular weight is 1230 g/mol. The minimum absolute atomic E-state index is 0.739. The maximum Gasteiger partial charge on any atom is 0.161 e. The van der Waals surface area contributed by atoms with E-state index in [0.717, 1.165) is 71.3 Å². The molecule has 0 bridgehead atoms. The molecule has 0 saturated carbocycles. The van der Waals surface area contributed by atoms with Gasteiger partial charge in [-0.3, -0.25) is 0 Å². The first-order chi connectivity index (χ1) is 46.6. The SMILES string of the molecule is c1ccc(-c2ccc(-c3nc(-c4cccc(-c5ccc6c(ccc7ccccc76)c5)c4)c4c(n3)sc3ccccc34)cc2)cc1.c1ccc(-c2ccc(-c3nc(-c4cccc(-c5ccc6c7ccccc7c7ccccc7c6c5)c4)c4c(n3)sc3ccccc34)cc2)cc1. The number of thiophene rings is 2. The second kappa shape index (κ2) is 23.2. The normalized spacial score (nSPS) is 11.6. The van der Waals surface area contributed by atoms with E-state index in [9.17, 15) is 0 Å². The summed E-state index contributed by atoms with van der Waals surface area (Å²) in [5, 5.41) is 17.4. The van der Waals surface area contributed by atoms with E-state index < -0.39 is 0 Å². The van der Waals surface area contributed by atoms with Crippen molar-refractivity contribution >= 4 is 117 Å². The first kappa shape index (κ1) is 55.1. The molecule has 0 aliphatic carbocycles. The van der Waals surface area contributed by atoms with E-state index >= 15 is 0 Å². The van der Waals surface area contributed by atoms with E-state index in [4.69, 9.17) is 19.9 Å². The Hall–Kier alpha value is -11.8. The fourth-order valence-electron chi connectivity index (χ4n) is 13.8. The van der Waals surface area contributed by atoms with Gasteiger partial charge in [0, 0.05) is 53.2 Å². The van der Waals surface area contributed by atoms with E-state index in [1.54, 1.807) is 22.7 Å². The lowest BCUT2D eigenvalue weighted by molar-refractivity contribution is 1.24. The Balaban J connectivity index is 0.000000138. The molecule has 19 rings (SSSR count). The van der Waals surface area contributed by atoms with Crippen molar-refractivity contribution in [1.82, 2.24) is 19.9 Å². The lowest BCUT2D eigenvalue weighted by Crippen LogP contribution is -1.94. The zero-order valence-electron chi connectivity index (χ0n) is 50.8. The van der Waals surface area contributed by atoms with Crippen LogP contribution in [-0.2, 0) is 0 Å². The molecule has 0 spiro atoms. The summed E-state index contributed by atoms with van der Waals surface area (Å²) in [6.45, 7) is 0. The summed E-state index contributed by atoms with van der Waals surface area (Å²) in [6.07, 6.45) is 0. The monoisotopic (exact) mass is 1230 g/mol. The van der Waals surface area contributed by atoms with Crippen LogP contribution < -0.4 is 0 Å². The number of fused-ring (bicyclic) bond motifs is 15. The molecule has 15 aromatic carbocycles. The Morgan fingerprint density at radius 1 is 0.181 bits per heavy atom. The van der Waals surface area contributed by atoms with Crippen LogP contribution in [0, 0.1) is 0 Å². The van der Waals surface area contributed by atoms with Crippen molar-refractivity contribution in [2.75, 3.05) is 0 Å². The van der Waals surface area contributed by atoms with Crippen LogP contribution in [-0.4, -0.2) is 19.9 Å². The fraction of sp³-hybridized carbons (Fsp3) is 0. The topological polar surface area (TPSA) is 51.6 Å². The number of hydrogen-bond acceptors (Lipinski definition) is 6. The molecule has 0 aliphatic rings. The van der Waals surface area contributed by atoms with Gasteiger partial charge in [0.1, 0.15) is 9.66 Å². The number of aromatic nitrogens is 4. The number of nitrogens with zero attached hydrogens (tertiary/aromatic N) is 4. The summed E-state index contributed by atoms with van der Waals surface area (Å²) in [5.74, 6) is 1.48. The summed E-state index contributed by atoms with van der Waals surface area (Å²) in [7, 11) is 0. The van der Waals surface area contributed by atoms with Gasteiger partial charge in [-0.05, 0) is 135 Å². The Kier molecular flexibility index (Phi) is 13.6.